The first kappa shape index (κ1) is 19.9. The summed E-state index contributed by atoms with van der Waals surface area (Å²) in [5.74, 6) is -0.562. The lowest BCUT2D eigenvalue weighted by atomic mass is 9.79. The molecule has 3 rings (SSSR count). The number of aromatic nitrogens is 2. The maximum atomic E-state index is 14.1. The zero-order chi connectivity index (χ0) is 19.8. The highest BCUT2D eigenvalue weighted by Gasteiger charge is 2.38. The predicted octanol–water partition coefficient (Wildman–Crippen LogP) is 5.04. The highest BCUT2D eigenvalue weighted by atomic mass is 35.5. The second-order valence-corrected chi connectivity index (χ2v) is 8.64. The number of amides is 2. The van der Waals surface area contributed by atoms with Gasteiger partial charge in [-0.2, -0.15) is 4.37 Å². The highest BCUT2D eigenvalue weighted by Crippen LogP contribution is 2.35. The maximum absolute atomic E-state index is 14.1. The Hall–Kier alpha value is -1.80. The average Bonchev–Trinajstić information content (AvgIpc) is 2.94. The van der Waals surface area contributed by atoms with Crippen LogP contribution in [0.5, 0.6) is 0 Å². The van der Waals surface area contributed by atoms with E-state index >= 15 is 0 Å². The van der Waals surface area contributed by atoms with Crippen LogP contribution in [0.2, 0.25) is 5.02 Å². The average molecular weight is 415 g/mol. The van der Waals surface area contributed by atoms with E-state index in [1.54, 1.807) is 11.8 Å². The number of halogens is 3. The Balaban J connectivity index is 1.67. The van der Waals surface area contributed by atoms with Gasteiger partial charge >= 0.3 is 6.03 Å². The summed E-state index contributed by atoms with van der Waals surface area (Å²) in [7, 11) is 0. The van der Waals surface area contributed by atoms with Gasteiger partial charge in [0, 0.05) is 34.2 Å². The fourth-order valence-electron chi connectivity index (χ4n) is 3.65. The molecule has 0 saturated carbocycles. The zero-order valence-corrected chi connectivity index (χ0v) is 16.9. The molecular formula is C18H21ClF2N4OS. The third-order valence-corrected chi connectivity index (χ3v) is 5.81. The molecule has 27 heavy (non-hydrogen) atoms. The molecule has 0 radical (unpaired) electrons. The summed E-state index contributed by atoms with van der Waals surface area (Å²) >= 11 is 6.83. The van der Waals surface area contributed by atoms with E-state index in [-0.39, 0.29) is 29.0 Å². The summed E-state index contributed by atoms with van der Waals surface area (Å²) in [6.07, 6.45) is 1.58. The molecule has 1 atom stereocenters. The SMILES string of the molecule is Cc1nsc(NC(=O)N2CCC(Cc3c(F)cc(Cl)cc3F)CC2(C)C)n1. The van der Waals surface area contributed by atoms with Gasteiger partial charge in [0.2, 0.25) is 5.13 Å². The van der Waals surface area contributed by atoms with Crippen molar-refractivity contribution < 1.29 is 13.6 Å². The van der Waals surface area contributed by atoms with E-state index in [0.29, 0.717) is 30.3 Å². The number of likely N-dealkylation sites (tertiary alicyclic amines) is 1. The van der Waals surface area contributed by atoms with Crippen molar-refractivity contribution in [2.45, 2.75) is 45.6 Å². The Kier molecular flexibility index (Phi) is 5.67. The largest absolute Gasteiger partial charge is 0.324 e. The molecule has 9 heteroatoms. The minimum absolute atomic E-state index is 0.0486. The number of rotatable bonds is 3. The number of piperidine rings is 1. The Bertz CT molecular complexity index is 835. The van der Waals surface area contributed by atoms with Gasteiger partial charge in [0.25, 0.3) is 0 Å². The number of hydrogen-bond donors (Lipinski definition) is 1. The molecule has 0 aliphatic carbocycles. The molecule has 1 fully saturated rings. The standard InChI is InChI=1S/C18H21ClF2N4OS/c1-10-22-16(27-24-10)23-17(26)25-5-4-11(9-18(25,2)3)6-13-14(20)7-12(19)8-15(13)21/h7-8,11H,4-6,9H2,1-3H3,(H,22,23,24,26). The molecule has 2 aromatic rings. The number of nitrogens with one attached hydrogen (secondary N) is 1. The van der Waals surface area contributed by atoms with E-state index in [9.17, 15) is 13.6 Å². The lowest BCUT2D eigenvalue weighted by Gasteiger charge is -2.45. The molecule has 2 amide bonds. The van der Waals surface area contributed by atoms with Crippen molar-refractivity contribution in [3.63, 3.8) is 0 Å². The van der Waals surface area contributed by atoms with Gasteiger partial charge in [0.1, 0.15) is 17.5 Å². The number of nitrogens with zero attached hydrogens (tertiary/aromatic N) is 3. The van der Waals surface area contributed by atoms with Gasteiger partial charge in [-0.15, -0.1) is 0 Å². The first-order valence-corrected chi connectivity index (χ1v) is 9.83. The summed E-state index contributed by atoms with van der Waals surface area (Å²) in [5.41, 5.74) is -0.394. The van der Waals surface area contributed by atoms with Crippen molar-refractivity contribution in [3.8, 4) is 0 Å². The van der Waals surface area contributed by atoms with Crippen LogP contribution in [0.1, 0.15) is 38.1 Å². The van der Waals surface area contributed by atoms with Crippen molar-refractivity contribution in [1.29, 1.82) is 0 Å². The summed E-state index contributed by atoms with van der Waals surface area (Å²) in [6, 6.07) is 2.04. The van der Waals surface area contributed by atoms with Crippen LogP contribution in [0.4, 0.5) is 18.7 Å². The van der Waals surface area contributed by atoms with Crippen LogP contribution in [0.3, 0.4) is 0 Å². The van der Waals surface area contributed by atoms with E-state index in [1.807, 2.05) is 13.8 Å². The fourth-order valence-corrected chi connectivity index (χ4v) is 4.40. The van der Waals surface area contributed by atoms with Crippen LogP contribution >= 0.6 is 23.1 Å². The normalized spacial score (nSPS) is 19.2. The fraction of sp³-hybridized carbons (Fsp3) is 0.500. The lowest BCUT2D eigenvalue weighted by molar-refractivity contribution is 0.0817. The van der Waals surface area contributed by atoms with Crippen molar-refractivity contribution in [1.82, 2.24) is 14.3 Å². The summed E-state index contributed by atoms with van der Waals surface area (Å²) in [5, 5.41) is 3.28. The van der Waals surface area contributed by atoms with Crippen molar-refractivity contribution in [2.24, 2.45) is 5.92 Å². The number of carbonyl (C=O) groups excluding carboxylic acids is 1. The highest BCUT2D eigenvalue weighted by molar-refractivity contribution is 7.09. The number of carbonyl (C=O) groups is 1. The molecule has 1 saturated heterocycles. The van der Waals surface area contributed by atoms with E-state index in [2.05, 4.69) is 14.7 Å². The quantitative estimate of drug-likeness (QED) is 0.765. The Morgan fingerprint density at radius 1 is 1.41 bits per heavy atom. The van der Waals surface area contributed by atoms with Gasteiger partial charge in [0.15, 0.2) is 0 Å². The molecule has 1 aromatic carbocycles. The van der Waals surface area contributed by atoms with Gasteiger partial charge in [-0.1, -0.05) is 11.6 Å². The topological polar surface area (TPSA) is 58.1 Å². The third-order valence-electron chi connectivity index (χ3n) is 4.87. The number of aryl methyl sites for hydroxylation is 1. The van der Waals surface area contributed by atoms with E-state index in [0.717, 1.165) is 23.7 Å². The second kappa shape index (κ2) is 7.67. The Morgan fingerprint density at radius 2 is 2.07 bits per heavy atom. The number of anilines is 1. The molecule has 5 nitrogen and oxygen atoms in total. The molecule has 0 spiro atoms. The number of hydrogen-bond acceptors (Lipinski definition) is 4. The van der Waals surface area contributed by atoms with Crippen LogP contribution in [0, 0.1) is 24.5 Å². The number of benzene rings is 1. The lowest BCUT2D eigenvalue weighted by Crippen LogP contribution is -2.54. The smallest absolute Gasteiger partial charge is 0.319 e. The van der Waals surface area contributed by atoms with Crippen LogP contribution in [-0.4, -0.2) is 32.4 Å². The molecule has 146 valence electrons. The van der Waals surface area contributed by atoms with Crippen molar-refractivity contribution in [3.05, 3.63) is 40.2 Å². The van der Waals surface area contributed by atoms with E-state index in [4.69, 9.17) is 11.6 Å². The van der Waals surface area contributed by atoms with Gasteiger partial charge in [-0.25, -0.2) is 18.6 Å². The van der Waals surface area contributed by atoms with E-state index < -0.39 is 17.2 Å². The third kappa shape index (κ3) is 4.55. The molecule has 1 unspecified atom stereocenters. The summed E-state index contributed by atoms with van der Waals surface area (Å²) in [6.45, 7) is 6.17. The van der Waals surface area contributed by atoms with Crippen LogP contribution in [0.15, 0.2) is 12.1 Å². The second-order valence-electron chi connectivity index (χ2n) is 7.45. The molecule has 2 heterocycles. The molecule has 1 N–H and O–H groups in total. The zero-order valence-electron chi connectivity index (χ0n) is 15.4. The van der Waals surface area contributed by atoms with Crippen LogP contribution < -0.4 is 5.32 Å². The van der Waals surface area contributed by atoms with E-state index in [1.165, 1.54) is 0 Å². The molecule has 1 aromatic heterocycles. The molecular weight excluding hydrogens is 394 g/mol. The summed E-state index contributed by atoms with van der Waals surface area (Å²) in [4.78, 5) is 18.5. The number of urea groups is 1. The van der Waals surface area contributed by atoms with Gasteiger partial charge in [-0.3, -0.25) is 5.32 Å². The summed E-state index contributed by atoms with van der Waals surface area (Å²) < 4.78 is 32.2. The van der Waals surface area contributed by atoms with Gasteiger partial charge < -0.3 is 4.90 Å². The predicted molar refractivity (Wildman–Crippen MR) is 102 cm³/mol. The minimum atomic E-state index is -0.621. The van der Waals surface area contributed by atoms with Crippen LogP contribution in [-0.2, 0) is 6.42 Å². The molecule has 0 bridgehead atoms. The van der Waals surface area contributed by atoms with Crippen molar-refractivity contribution >= 4 is 34.3 Å². The Labute approximate surface area is 165 Å². The van der Waals surface area contributed by atoms with Crippen molar-refractivity contribution in [2.75, 3.05) is 11.9 Å². The molecule has 1 aliphatic heterocycles. The Morgan fingerprint density at radius 3 is 2.63 bits per heavy atom. The monoisotopic (exact) mass is 414 g/mol. The first-order chi connectivity index (χ1) is 12.7. The van der Waals surface area contributed by atoms with Gasteiger partial charge in [0.05, 0.1) is 0 Å². The maximum Gasteiger partial charge on any atom is 0.324 e. The first-order valence-electron chi connectivity index (χ1n) is 8.68. The van der Waals surface area contributed by atoms with Crippen LogP contribution in [0.25, 0.3) is 0 Å². The minimum Gasteiger partial charge on any atom is -0.319 e. The van der Waals surface area contributed by atoms with Gasteiger partial charge in [-0.05, 0) is 58.1 Å². The molecule has 1 aliphatic rings.